The van der Waals surface area contributed by atoms with Gasteiger partial charge in [-0.25, -0.2) is 9.78 Å². The summed E-state index contributed by atoms with van der Waals surface area (Å²) in [6.07, 6.45) is 3.14. The highest BCUT2D eigenvalue weighted by Gasteiger charge is 2.18. The molecule has 0 aromatic carbocycles. The number of thiophene rings is 1. The number of carbonyl (C=O) groups is 1. The van der Waals surface area contributed by atoms with E-state index in [-0.39, 0.29) is 24.2 Å². The SMILES string of the molecule is CC(NC(=O)N(C)Cc1nc2ccsc2c(=O)[nH]1)C1=CCN(C)CC1. The van der Waals surface area contributed by atoms with Gasteiger partial charge in [0.1, 0.15) is 10.5 Å². The van der Waals surface area contributed by atoms with Gasteiger partial charge >= 0.3 is 6.03 Å². The van der Waals surface area contributed by atoms with Crippen molar-refractivity contribution < 1.29 is 4.79 Å². The van der Waals surface area contributed by atoms with Crippen molar-refractivity contribution in [3.05, 3.63) is 39.3 Å². The third-order valence-corrected chi connectivity index (χ3v) is 5.34. The molecule has 0 spiro atoms. The van der Waals surface area contributed by atoms with Crippen molar-refractivity contribution in [2.75, 3.05) is 27.2 Å². The molecular formula is C17H23N5O2S. The first-order valence-corrected chi connectivity index (χ1v) is 9.17. The van der Waals surface area contributed by atoms with Crippen LogP contribution in [-0.4, -0.2) is 59.0 Å². The van der Waals surface area contributed by atoms with Crippen LogP contribution in [0, 0.1) is 0 Å². The Morgan fingerprint density at radius 2 is 2.36 bits per heavy atom. The van der Waals surface area contributed by atoms with Gasteiger partial charge in [-0.1, -0.05) is 6.08 Å². The van der Waals surface area contributed by atoms with E-state index in [1.807, 2.05) is 18.4 Å². The number of aromatic nitrogens is 2. The van der Waals surface area contributed by atoms with Gasteiger partial charge in [-0.15, -0.1) is 11.3 Å². The quantitative estimate of drug-likeness (QED) is 0.814. The van der Waals surface area contributed by atoms with Gasteiger partial charge in [0, 0.05) is 26.2 Å². The van der Waals surface area contributed by atoms with Crippen LogP contribution in [-0.2, 0) is 6.54 Å². The van der Waals surface area contributed by atoms with E-state index in [4.69, 9.17) is 0 Å². The summed E-state index contributed by atoms with van der Waals surface area (Å²) in [4.78, 5) is 35.4. The molecule has 2 amide bonds. The number of urea groups is 1. The average molecular weight is 361 g/mol. The second-order valence-corrected chi connectivity index (χ2v) is 7.38. The molecule has 0 saturated heterocycles. The molecule has 0 radical (unpaired) electrons. The van der Waals surface area contributed by atoms with Gasteiger partial charge in [-0.3, -0.25) is 4.79 Å². The van der Waals surface area contributed by atoms with Crippen LogP contribution in [0.4, 0.5) is 4.79 Å². The van der Waals surface area contributed by atoms with Gasteiger partial charge in [0.15, 0.2) is 0 Å². The maximum absolute atomic E-state index is 12.4. The van der Waals surface area contributed by atoms with E-state index in [9.17, 15) is 9.59 Å². The van der Waals surface area contributed by atoms with Crippen molar-refractivity contribution in [3.63, 3.8) is 0 Å². The summed E-state index contributed by atoms with van der Waals surface area (Å²) in [5, 5.41) is 4.85. The lowest BCUT2D eigenvalue weighted by Gasteiger charge is -2.27. The van der Waals surface area contributed by atoms with Crippen LogP contribution in [0.1, 0.15) is 19.2 Å². The molecule has 1 aliphatic heterocycles. The predicted octanol–water partition coefficient (Wildman–Crippen LogP) is 1.78. The number of hydrogen-bond acceptors (Lipinski definition) is 5. The fourth-order valence-corrected chi connectivity index (χ4v) is 3.59. The fraction of sp³-hybridized carbons (Fsp3) is 0.471. The Hall–Kier alpha value is -2.19. The van der Waals surface area contributed by atoms with Gasteiger partial charge in [0.25, 0.3) is 5.56 Å². The van der Waals surface area contributed by atoms with Crippen molar-refractivity contribution in [2.24, 2.45) is 0 Å². The van der Waals surface area contributed by atoms with Crippen LogP contribution in [0.25, 0.3) is 10.2 Å². The minimum atomic E-state index is -0.180. The number of likely N-dealkylation sites (N-methyl/N-ethyl adjacent to an activating group) is 1. The summed E-state index contributed by atoms with van der Waals surface area (Å²) < 4.78 is 0.610. The Balaban J connectivity index is 1.62. The lowest BCUT2D eigenvalue weighted by Crippen LogP contribution is -2.43. The summed E-state index contributed by atoms with van der Waals surface area (Å²) in [6.45, 7) is 4.17. The van der Waals surface area contributed by atoms with Crippen LogP contribution < -0.4 is 10.9 Å². The number of nitrogens with zero attached hydrogens (tertiary/aromatic N) is 3. The van der Waals surface area contributed by atoms with Crippen LogP contribution in [0.15, 0.2) is 27.9 Å². The summed E-state index contributed by atoms with van der Waals surface area (Å²) >= 11 is 1.36. The molecule has 8 heteroatoms. The predicted molar refractivity (Wildman–Crippen MR) is 99.9 cm³/mol. The smallest absolute Gasteiger partial charge is 0.318 e. The fourth-order valence-electron chi connectivity index (χ4n) is 2.86. The van der Waals surface area contributed by atoms with Crippen LogP contribution in [0.5, 0.6) is 0 Å². The van der Waals surface area contributed by atoms with Crippen molar-refractivity contribution in [1.29, 1.82) is 0 Å². The normalized spacial score (nSPS) is 16.5. The Morgan fingerprint density at radius 1 is 1.56 bits per heavy atom. The molecule has 3 rings (SSSR count). The van der Waals surface area contributed by atoms with Crippen LogP contribution in [0.2, 0.25) is 0 Å². The molecule has 25 heavy (non-hydrogen) atoms. The molecule has 0 saturated carbocycles. The monoisotopic (exact) mass is 361 g/mol. The first-order chi connectivity index (χ1) is 11.9. The Labute approximate surface area is 150 Å². The summed E-state index contributed by atoms with van der Waals surface area (Å²) in [7, 11) is 3.78. The zero-order valence-electron chi connectivity index (χ0n) is 14.7. The number of aromatic amines is 1. The third-order valence-electron chi connectivity index (χ3n) is 4.44. The summed E-state index contributed by atoms with van der Waals surface area (Å²) in [5.74, 6) is 0.486. The zero-order chi connectivity index (χ0) is 18.0. The van der Waals surface area contributed by atoms with E-state index in [1.54, 1.807) is 7.05 Å². The second-order valence-electron chi connectivity index (χ2n) is 6.47. The van der Waals surface area contributed by atoms with Gasteiger partial charge in [-0.05, 0) is 37.4 Å². The molecule has 3 heterocycles. The van der Waals surface area contributed by atoms with Crippen LogP contribution in [0.3, 0.4) is 0 Å². The molecule has 1 unspecified atom stereocenters. The number of fused-ring (bicyclic) bond motifs is 1. The van der Waals surface area contributed by atoms with Gasteiger partial charge in [0.05, 0.1) is 12.1 Å². The standard InChI is InChI=1S/C17H23N5O2S/c1-11(12-4-7-21(2)8-5-12)18-17(24)22(3)10-14-19-13-6-9-25-15(13)16(23)20-14/h4,6,9,11H,5,7-8,10H2,1-3H3,(H,18,24)(H,19,20,23). The Morgan fingerprint density at radius 3 is 3.08 bits per heavy atom. The lowest BCUT2D eigenvalue weighted by atomic mass is 10.0. The van der Waals surface area contributed by atoms with E-state index in [0.717, 1.165) is 19.5 Å². The molecule has 0 fully saturated rings. The molecule has 1 aliphatic rings. The van der Waals surface area contributed by atoms with Crippen molar-refractivity contribution >= 4 is 27.6 Å². The van der Waals surface area contributed by atoms with E-state index in [1.165, 1.54) is 21.8 Å². The lowest BCUT2D eigenvalue weighted by molar-refractivity contribution is 0.203. The van der Waals surface area contributed by atoms with Gasteiger partial charge in [0.2, 0.25) is 0 Å². The molecule has 7 nitrogen and oxygen atoms in total. The molecule has 2 N–H and O–H groups in total. The van der Waals surface area contributed by atoms with Crippen molar-refractivity contribution in [2.45, 2.75) is 25.9 Å². The van der Waals surface area contributed by atoms with Crippen molar-refractivity contribution in [1.82, 2.24) is 25.1 Å². The highest BCUT2D eigenvalue weighted by Crippen LogP contribution is 2.15. The van der Waals surface area contributed by atoms with E-state index in [0.29, 0.717) is 16.0 Å². The van der Waals surface area contributed by atoms with E-state index >= 15 is 0 Å². The van der Waals surface area contributed by atoms with Gasteiger partial charge in [-0.2, -0.15) is 0 Å². The first kappa shape index (κ1) is 17.6. The molecule has 0 aliphatic carbocycles. The first-order valence-electron chi connectivity index (χ1n) is 8.29. The topological polar surface area (TPSA) is 81.3 Å². The number of nitrogens with one attached hydrogen (secondary N) is 2. The maximum Gasteiger partial charge on any atom is 0.318 e. The third kappa shape index (κ3) is 4.08. The zero-order valence-corrected chi connectivity index (χ0v) is 15.5. The molecule has 1 atom stereocenters. The molecule has 2 aromatic heterocycles. The Kier molecular flexibility index (Phi) is 5.19. The minimum Gasteiger partial charge on any atom is -0.332 e. The van der Waals surface area contributed by atoms with Crippen molar-refractivity contribution in [3.8, 4) is 0 Å². The van der Waals surface area contributed by atoms with E-state index < -0.39 is 0 Å². The minimum absolute atomic E-state index is 0.00462. The number of H-pyrrole nitrogens is 1. The number of carbonyl (C=O) groups excluding carboxylic acids is 1. The van der Waals surface area contributed by atoms with Gasteiger partial charge < -0.3 is 20.1 Å². The molecular weight excluding hydrogens is 338 g/mol. The summed E-state index contributed by atoms with van der Waals surface area (Å²) in [6, 6.07) is 1.63. The average Bonchev–Trinajstić information content (AvgIpc) is 3.04. The highest BCUT2D eigenvalue weighted by atomic mass is 32.1. The number of rotatable bonds is 4. The maximum atomic E-state index is 12.4. The molecule has 134 valence electrons. The Bertz CT molecular complexity index is 856. The molecule has 2 aromatic rings. The highest BCUT2D eigenvalue weighted by molar-refractivity contribution is 7.17. The summed E-state index contributed by atoms with van der Waals surface area (Å²) in [5.41, 5.74) is 1.77. The number of amides is 2. The van der Waals surface area contributed by atoms with Crippen LogP contribution >= 0.6 is 11.3 Å². The number of hydrogen-bond donors (Lipinski definition) is 2. The van der Waals surface area contributed by atoms with E-state index in [2.05, 4.69) is 33.3 Å². The second kappa shape index (κ2) is 7.37. The molecule has 0 bridgehead atoms. The largest absolute Gasteiger partial charge is 0.332 e.